The van der Waals surface area contributed by atoms with Gasteiger partial charge in [0, 0.05) is 6.07 Å². The van der Waals surface area contributed by atoms with E-state index in [9.17, 15) is 14.3 Å². The van der Waals surface area contributed by atoms with Crippen molar-refractivity contribution in [2.75, 3.05) is 7.11 Å². The zero-order valence-electron chi connectivity index (χ0n) is 9.92. The van der Waals surface area contributed by atoms with Gasteiger partial charge in [0.05, 0.1) is 12.7 Å². The molecule has 0 amide bonds. The number of phenols is 1. The smallest absolute Gasteiger partial charge is 0.340 e. The minimum atomic E-state index is -0.955. The molecular weight excluding hydrogens is 257 g/mol. The van der Waals surface area contributed by atoms with Crippen LogP contribution < -0.4 is 17.2 Å². The highest BCUT2D eigenvalue weighted by atomic mass is 19.1. The highest BCUT2D eigenvalue weighted by Gasteiger charge is 2.16. The number of carbonyl (C=O) groups excluding carboxylic acids is 1. The molecule has 0 aromatic heterocycles. The van der Waals surface area contributed by atoms with E-state index in [1.54, 1.807) is 0 Å². The lowest BCUT2D eigenvalue weighted by Crippen LogP contribution is -2.26. The lowest BCUT2D eigenvalue weighted by molar-refractivity contribution is 0.0595. The average molecular weight is 269 g/mol. The third-order valence-corrected chi connectivity index (χ3v) is 1.95. The summed E-state index contributed by atoms with van der Waals surface area (Å²) in [6, 6.07) is 1.67. The molecule has 0 fully saturated rings. The predicted molar refractivity (Wildman–Crippen MR) is 66.5 cm³/mol. The van der Waals surface area contributed by atoms with Gasteiger partial charge in [0.2, 0.25) is 5.96 Å². The molecule has 1 aromatic rings. The topological polar surface area (TPSA) is 149 Å². The van der Waals surface area contributed by atoms with Crippen LogP contribution in [0.3, 0.4) is 0 Å². The maximum atomic E-state index is 13.4. The molecule has 0 saturated heterocycles. The van der Waals surface area contributed by atoms with E-state index in [0.717, 1.165) is 13.2 Å². The molecule has 1 aromatic carbocycles. The van der Waals surface area contributed by atoms with Gasteiger partial charge in [-0.2, -0.15) is 4.99 Å². The second-order valence-corrected chi connectivity index (χ2v) is 3.32. The highest BCUT2D eigenvalue weighted by molar-refractivity contribution is 5.95. The molecule has 8 nitrogen and oxygen atoms in total. The van der Waals surface area contributed by atoms with Gasteiger partial charge < -0.3 is 27.0 Å². The Hall–Kier alpha value is -2.84. The van der Waals surface area contributed by atoms with Crippen molar-refractivity contribution in [2.24, 2.45) is 27.2 Å². The van der Waals surface area contributed by atoms with E-state index in [-0.39, 0.29) is 17.6 Å². The monoisotopic (exact) mass is 269 g/mol. The molecule has 19 heavy (non-hydrogen) atoms. The summed E-state index contributed by atoms with van der Waals surface area (Å²) in [5.41, 5.74) is 14.9. The lowest BCUT2D eigenvalue weighted by Gasteiger charge is -2.05. The first kappa shape index (κ1) is 14.2. The standard InChI is InChI=1S/C10H12FN5O3/c1-19-8(18)4-2-6(7(17)3-5(4)11)15-10(14)16-9(12)13/h2-3,17H,1H3,(H6,12,13,14,15,16). The molecule has 1 rings (SSSR count). The Kier molecular flexibility index (Phi) is 4.24. The Morgan fingerprint density at radius 3 is 2.53 bits per heavy atom. The summed E-state index contributed by atoms with van der Waals surface area (Å²) in [5, 5.41) is 9.49. The van der Waals surface area contributed by atoms with Crippen LogP contribution in [0.15, 0.2) is 22.1 Å². The van der Waals surface area contributed by atoms with Crippen molar-refractivity contribution in [3.05, 3.63) is 23.5 Å². The quantitative estimate of drug-likeness (QED) is 0.324. The molecule has 0 saturated carbocycles. The van der Waals surface area contributed by atoms with Gasteiger partial charge in [-0.05, 0) is 6.07 Å². The van der Waals surface area contributed by atoms with E-state index in [4.69, 9.17) is 17.2 Å². The SMILES string of the molecule is COC(=O)c1cc(N=C(N)N=C(N)N)c(O)cc1F. The average Bonchev–Trinajstić information content (AvgIpc) is 2.30. The van der Waals surface area contributed by atoms with E-state index < -0.39 is 23.1 Å². The minimum absolute atomic E-state index is 0.177. The maximum absolute atomic E-state index is 13.4. The number of hydrogen-bond acceptors (Lipinski definition) is 4. The number of phenolic OH excluding ortho intramolecular Hbond substituents is 1. The number of nitrogens with zero attached hydrogens (tertiary/aromatic N) is 2. The first-order valence-corrected chi connectivity index (χ1v) is 4.89. The van der Waals surface area contributed by atoms with Gasteiger partial charge in [-0.15, -0.1) is 0 Å². The molecule has 0 radical (unpaired) electrons. The van der Waals surface area contributed by atoms with Crippen LogP contribution in [-0.4, -0.2) is 30.1 Å². The molecule has 0 unspecified atom stereocenters. The van der Waals surface area contributed by atoms with Gasteiger partial charge in [0.15, 0.2) is 5.96 Å². The Labute approximate surface area is 107 Å². The molecule has 0 aliphatic heterocycles. The Morgan fingerprint density at radius 2 is 2.00 bits per heavy atom. The third kappa shape index (κ3) is 3.56. The number of aromatic hydroxyl groups is 1. The van der Waals surface area contributed by atoms with Crippen LogP contribution >= 0.6 is 0 Å². The van der Waals surface area contributed by atoms with Gasteiger partial charge >= 0.3 is 5.97 Å². The third-order valence-electron chi connectivity index (χ3n) is 1.95. The Morgan fingerprint density at radius 1 is 1.37 bits per heavy atom. The van der Waals surface area contributed by atoms with Crippen molar-refractivity contribution in [3.63, 3.8) is 0 Å². The van der Waals surface area contributed by atoms with Crippen LogP contribution in [0, 0.1) is 5.82 Å². The number of aliphatic imine (C=N–C) groups is 2. The fourth-order valence-electron chi connectivity index (χ4n) is 1.19. The van der Waals surface area contributed by atoms with Gasteiger partial charge in [-0.3, -0.25) is 0 Å². The van der Waals surface area contributed by atoms with Crippen molar-refractivity contribution < 1.29 is 19.0 Å². The van der Waals surface area contributed by atoms with Crippen molar-refractivity contribution in [1.29, 1.82) is 0 Å². The molecule has 0 heterocycles. The maximum Gasteiger partial charge on any atom is 0.340 e. The summed E-state index contributed by atoms with van der Waals surface area (Å²) in [6.45, 7) is 0. The first-order chi connectivity index (χ1) is 8.85. The fourth-order valence-corrected chi connectivity index (χ4v) is 1.19. The van der Waals surface area contributed by atoms with Crippen LogP contribution in [0.4, 0.5) is 10.1 Å². The van der Waals surface area contributed by atoms with E-state index >= 15 is 0 Å². The van der Waals surface area contributed by atoms with Crippen molar-refractivity contribution in [1.82, 2.24) is 0 Å². The number of halogens is 1. The fraction of sp³-hybridized carbons (Fsp3) is 0.100. The Bertz CT molecular complexity index is 567. The minimum Gasteiger partial charge on any atom is -0.506 e. The van der Waals surface area contributed by atoms with Crippen LogP contribution in [-0.2, 0) is 4.74 Å². The highest BCUT2D eigenvalue weighted by Crippen LogP contribution is 2.29. The number of benzene rings is 1. The van der Waals surface area contributed by atoms with E-state index in [1.807, 2.05) is 0 Å². The largest absolute Gasteiger partial charge is 0.506 e. The van der Waals surface area contributed by atoms with Crippen LogP contribution in [0.25, 0.3) is 0 Å². The molecule has 9 heteroatoms. The number of ether oxygens (including phenoxy) is 1. The number of nitrogens with two attached hydrogens (primary N) is 3. The number of carbonyl (C=O) groups is 1. The predicted octanol–water partition coefficient (Wildman–Crippen LogP) is -0.463. The number of hydrogen-bond donors (Lipinski definition) is 4. The Balaban J connectivity index is 3.29. The molecular formula is C10H12FN5O3. The van der Waals surface area contributed by atoms with Gasteiger partial charge in [0.1, 0.15) is 17.3 Å². The summed E-state index contributed by atoms with van der Waals surface area (Å²) < 4.78 is 17.8. The molecule has 7 N–H and O–H groups in total. The number of guanidine groups is 2. The van der Waals surface area contributed by atoms with Crippen molar-refractivity contribution in [2.45, 2.75) is 0 Å². The van der Waals surface area contributed by atoms with Gasteiger partial charge in [-0.25, -0.2) is 14.2 Å². The zero-order valence-corrected chi connectivity index (χ0v) is 9.92. The molecule has 0 atom stereocenters. The molecule has 0 spiro atoms. The first-order valence-electron chi connectivity index (χ1n) is 4.89. The summed E-state index contributed by atoms with van der Waals surface area (Å²) in [4.78, 5) is 18.3. The van der Waals surface area contributed by atoms with Crippen molar-refractivity contribution in [3.8, 4) is 5.75 Å². The van der Waals surface area contributed by atoms with E-state index in [0.29, 0.717) is 6.07 Å². The molecule has 0 aliphatic carbocycles. The summed E-state index contributed by atoms with van der Waals surface area (Å²) in [5.74, 6) is -3.11. The number of rotatable bonds is 2. The van der Waals surface area contributed by atoms with E-state index in [1.165, 1.54) is 0 Å². The van der Waals surface area contributed by atoms with Crippen LogP contribution in [0.2, 0.25) is 0 Å². The van der Waals surface area contributed by atoms with E-state index in [2.05, 4.69) is 14.7 Å². The summed E-state index contributed by atoms with van der Waals surface area (Å²) >= 11 is 0. The number of esters is 1. The van der Waals surface area contributed by atoms with Crippen LogP contribution in [0.5, 0.6) is 5.75 Å². The van der Waals surface area contributed by atoms with Gasteiger partial charge in [-0.1, -0.05) is 0 Å². The molecule has 0 aliphatic rings. The second kappa shape index (κ2) is 5.67. The zero-order chi connectivity index (χ0) is 14.6. The molecule has 0 bridgehead atoms. The lowest BCUT2D eigenvalue weighted by atomic mass is 10.1. The molecule has 102 valence electrons. The van der Waals surface area contributed by atoms with Crippen LogP contribution in [0.1, 0.15) is 10.4 Å². The summed E-state index contributed by atoms with van der Waals surface area (Å²) in [6.07, 6.45) is 0. The normalized spacial score (nSPS) is 10.9. The van der Waals surface area contributed by atoms with Crippen molar-refractivity contribution >= 4 is 23.6 Å². The second-order valence-electron chi connectivity index (χ2n) is 3.32. The summed E-state index contributed by atoms with van der Waals surface area (Å²) in [7, 11) is 1.09. The van der Waals surface area contributed by atoms with Gasteiger partial charge in [0.25, 0.3) is 0 Å². The number of methoxy groups -OCH3 is 1.